The lowest BCUT2D eigenvalue weighted by Crippen LogP contribution is -2.18. The number of aliphatic hydroxyl groups is 1. The number of hydrogen-bond donors (Lipinski definition) is 1. The van der Waals surface area contributed by atoms with Crippen molar-refractivity contribution < 1.29 is 9.84 Å². The van der Waals surface area contributed by atoms with Gasteiger partial charge in [0.15, 0.2) is 0 Å². The van der Waals surface area contributed by atoms with Crippen LogP contribution in [0.3, 0.4) is 0 Å². The Morgan fingerprint density at radius 3 is 2.46 bits per heavy atom. The molecule has 2 unspecified atom stereocenters. The lowest BCUT2D eigenvalue weighted by Gasteiger charge is -2.22. The molecule has 1 aliphatic carbocycles. The molecule has 3 rings (SSSR count). The number of rotatable bonds is 10. The highest BCUT2D eigenvalue weighted by Gasteiger charge is 2.15. The molecule has 1 N–H and O–H groups in total. The zero-order chi connectivity index (χ0) is 19.6. The summed E-state index contributed by atoms with van der Waals surface area (Å²) in [6, 6.07) is 19.1. The molecule has 2 aromatic rings. The first kappa shape index (κ1) is 21.1. The first-order valence-electron chi connectivity index (χ1n) is 11.1. The van der Waals surface area contributed by atoms with Crippen LogP contribution >= 0.6 is 0 Å². The van der Waals surface area contributed by atoms with Gasteiger partial charge < -0.3 is 9.84 Å². The molecule has 0 amide bonds. The predicted molar refractivity (Wildman–Crippen MR) is 116 cm³/mol. The largest absolute Gasteiger partial charge is 0.388 e. The Morgan fingerprint density at radius 2 is 1.68 bits per heavy atom. The lowest BCUT2D eigenvalue weighted by molar-refractivity contribution is 0.0303. The molecule has 0 radical (unpaired) electrons. The summed E-state index contributed by atoms with van der Waals surface area (Å²) in [7, 11) is 0. The van der Waals surface area contributed by atoms with Crippen molar-refractivity contribution in [1.82, 2.24) is 0 Å². The van der Waals surface area contributed by atoms with Crippen molar-refractivity contribution in [2.24, 2.45) is 5.92 Å². The molecule has 0 aromatic heterocycles. The second kappa shape index (κ2) is 11.4. The fourth-order valence-electron chi connectivity index (χ4n) is 4.22. The van der Waals surface area contributed by atoms with Gasteiger partial charge in [0.05, 0.1) is 18.8 Å². The highest BCUT2D eigenvalue weighted by Crippen LogP contribution is 2.25. The Kier molecular flexibility index (Phi) is 8.57. The SMILES string of the molecule is CC(CCc1ccccc1)CC(O)c1cccc(CCOC2CCCCC2)c1. The van der Waals surface area contributed by atoms with E-state index in [1.807, 2.05) is 0 Å². The van der Waals surface area contributed by atoms with Crippen LogP contribution in [0.15, 0.2) is 54.6 Å². The number of aryl methyl sites for hydroxylation is 1. The minimum Gasteiger partial charge on any atom is -0.388 e. The third-order valence-electron chi connectivity index (χ3n) is 6.03. The molecule has 0 heterocycles. The van der Waals surface area contributed by atoms with Gasteiger partial charge in [0.25, 0.3) is 0 Å². The molecule has 0 saturated heterocycles. The minimum atomic E-state index is -0.384. The van der Waals surface area contributed by atoms with Crippen LogP contribution in [0.2, 0.25) is 0 Å². The summed E-state index contributed by atoms with van der Waals surface area (Å²) in [6.07, 6.45) is 10.4. The van der Waals surface area contributed by atoms with Gasteiger partial charge in [0, 0.05) is 0 Å². The van der Waals surface area contributed by atoms with Gasteiger partial charge >= 0.3 is 0 Å². The van der Waals surface area contributed by atoms with Crippen molar-refractivity contribution >= 4 is 0 Å². The number of benzene rings is 2. The molecule has 152 valence electrons. The second-order valence-electron chi connectivity index (χ2n) is 8.51. The number of hydrogen-bond acceptors (Lipinski definition) is 2. The molecule has 0 bridgehead atoms. The van der Waals surface area contributed by atoms with Crippen molar-refractivity contribution in [3.8, 4) is 0 Å². The lowest BCUT2D eigenvalue weighted by atomic mass is 9.92. The topological polar surface area (TPSA) is 29.5 Å². The van der Waals surface area contributed by atoms with E-state index in [9.17, 15) is 5.11 Å². The molecule has 2 heteroatoms. The third kappa shape index (κ3) is 7.07. The molecule has 2 nitrogen and oxygen atoms in total. The van der Waals surface area contributed by atoms with Crippen molar-refractivity contribution in [2.75, 3.05) is 6.61 Å². The van der Waals surface area contributed by atoms with Crippen molar-refractivity contribution in [2.45, 2.75) is 76.9 Å². The molecule has 28 heavy (non-hydrogen) atoms. The van der Waals surface area contributed by atoms with Crippen LogP contribution in [0.25, 0.3) is 0 Å². The maximum absolute atomic E-state index is 10.7. The Morgan fingerprint density at radius 1 is 0.929 bits per heavy atom. The smallest absolute Gasteiger partial charge is 0.0792 e. The van der Waals surface area contributed by atoms with Gasteiger partial charge in [-0.15, -0.1) is 0 Å². The Bertz CT molecular complexity index is 676. The molecule has 2 atom stereocenters. The molecular formula is C26H36O2. The van der Waals surface area contributed by atoms with Crippen molar-refractivity contribution in [3.63, 3.8) is 0 Å². The second-order valence-corrected chi connectivity index (χ2v) is 8.51. The van der Waals surface area contributed by atoms with Gasteiger partial charge in [-0.05, 0) is 61.1 Å². The molecule has 0 spiro atoms. The summed E-state index contributed by atoms with van der Waals surface area (Å²) in [5, 5.41) is 10.7. The van der Waals surface area contributed by atoms with Crippen LogP contribution in [0, 0.1) is 5.92 Å². The average Bonchev–Trinajstić information content (AvgIpc) is 2.74. The van der Waals surface area contributed by atoms with Crippen LogP contribution in [-0.2, 0) is 17.6 Å². The first-order chi connectivity index (χ1) is 13.7. The number of ether oxygens (including phenoxy) is 1. The Labute approximate surface area is 170 Å². The molecule has 1 aliphatic rings. The molecule has 0 aliphatic heterocycles. The maximum Gasteiger partial charge on any atom is 0.0792 e. The average molecular weight is 381 g/mol. The summed E-state index contributed by atoms with van der Waals surface area (Å²) in [5.74, 6) is 0.494. The summed E-state index contributed by atoms with van der Waals surface area (Å²) in [6.45, 7) is 3.03. The monoisotopic (exact) mass is 380 g/mol. The van der Waals surface area contributed by atoms with E-state index in [0.29, 0.717) is 12.0 Å². The van der Waals surface area contributed by atoms with Crippen LogP contribution in [0.5, 0.6) is 0 Å². The van der Waals surface area contributed by atoms with E-state index in [2.05, 4.69) is 61.5 Å². The Hall–Kier alpha value is -1.64. The van der Waals surface area contributed by atoms with E-state index in [0.717, 1.165) is 37.9 Å². The zero-order valence-corrected chi connectivity index (χ0v) is 17.4. The first-order valence-corrected chi connectivity index (χ1v) is 11.1. The summed E-state index contributed by atoms with van der Waals surface area (Å²) in [5.41, 5.74) is 3.69. The van der Waals surface area contributed by atoms with Gasteiger partial charge in [0.1, 0.15) is 0 Å². The summed E-state index contributed by atoms with van der Waals surface area (Å²) < 4.78 is 6.06. The standard InChI is InChI=1S/C26H36O2/c1-21(15-16-22-9-4-2-5-10-22)19-26(27)24-12-8-11-23(20-24)17-18-28-25-13-6-3-7-14-25/h2,4-5,8-12,20-21,25-27H,3,6-7,13-19H2,1H3. The van der Waals surface area contributed by atoms with Crippen LogP contribution in [0.1, 0.15) is 74.7 Å². The highest BCUT2D eigenvalue weighted by atomic mass is 16.5. The fraction of sp³-hybridized carbons (Fsp3) is 0.538. The molecule has 1 fully saturated rings. The fourth-order valence-corrected chi connectivity index (χ4v) is 4.22. The van der Waals surface area contributed by atoms with E-state index in [1.165, 1.54) is 43.2 Å². The van der Waals surface area contributed by atoms with E-state index in [4.69, 9.17) is 4.74 Å². The highest BCUT2D eigenvalue weighted by molar-refractivity contribution is 5.25. The summed E-state index contributed by atoms with van der Waals surface area (Å²) in [4.78, 5) is 0. The van der Waals surface area contributed by atoms with Crippen LogP contribution < -0.4 is 0 Å². The molecule has 2 aromatic carbocycles. The zero-order valence-electron chi connectivity index (χ0n) is 17.4. The van der Waals surface area contributed by atoms with E-state index in [-0.39, 0.29) is 6.10 Å². The van der Waals surface area contributed by atoms with Crippen LogP contribution in [-0.4, -0.2) is 17.8 Å². The van der Waals surface area contributed by atoms with Gasteiger partial charge in [-0.2, -0.15) is 0 Å². The van der Waals surface area contributed by atoms with E-state index in [1.54, 1.807) is 0 Å². The van der Waals surface area contributed by atoms with E-state index >= 15 is 0 Å². The molecule has 1 saturated carbocycles. The summed E-state index contributed by atoms with van der Waals surface area (Å²) >= 11 is 0. The van der Waals surface area contributed by atoms with Crippen LogP contribution in [0.4, 0.5) is 0 Å². The van der Waals surface area contributed by atoms with Gasteiger partial charge in [-0.25, -0.2) is 0 Å². The quantitative estimate of drug-likeness (QED) is 0.526. The van der Waals surface area contributed by atoms with Gasteiger partial charge in [-0.1, -0.05) is 80.8 Å². The van der Waals surface area contributed by atoms with Gasteiger partial charge in [-0.3, -0.25) is 0 Å². The Balaban J connectivity index is 1.42. The normalized spacial score (nSPS) is 17.4. The third-order valence-corrected chi connectivity index (χ3v) is 6.03. The maximum atomic E-state index is 10.7. The van der Waals surface area contributed by atoms with Crippen molar-refractivity contribution in [3.05, 3.63) is 71.3 Å². The molecular weight excluding hydrogens is 344 g/mol. The van der Waals surface area contributed by atoms with E-state index < -0.39 is 0 Å². The van der Waals surface area contributed by atoms with Crippen molar-refractivity contribution in [1.29, 1.82) is 0 Å². The minimum absolute atomic E-state index is 0.384. The predicted octanol–water partition coefficient (Wildman–Crippen LogP) is 6.27. The van der Waals surface area contributed by atoms with Gasteiger partial charge in [0.2, 0.25) is 0 Å². The number of aliphatic hydroxyl groups excluding tert-OH is 1.